The van der Waals surface area contributed by atoms with Crippen LogP contribution < -0.4 is 9.47 Å². The third kappa shape index (κ3) is 2.29. The van der Waals surface area contributed by atoms with E-state index in [1.807, 2.05) is 32.0 Å². The second kappa shape index (κ2) is 5.05. The molecule has 3 rings (SSSR count). The summed E-state index contributed by atoms with van der Waals surface area (Å²) < 4.78 is 10.6. The Morgan fingerprint density at radius 2 is 1.67 bits per heavy atom. The van der Waals surface area contributed by atoms with Crippen molar-refractivity contribution in [1.82, 2.24) is 20.2 Å². The van der Waals surface area contributed by atoms with Gasteiger partial charge in [0.15, 0.2) is 11.5 Å². The first kappa shape index (κ1) is 13.4. The number of aromatic nitrogens is 4. The molecule has 108 valence electrons. The maximum Gasteiger partial charge on any atom is 0.163 e. The highest BCUT2D eigenvalue weighted by Gasteiger charge is 2.13. The van der Waals surface area contributed by atoms with Crippen LogP contribution >= 0.6 is 0 Å². The molecule has 0 atom stereocenters. The highest BCUT2D eigenvalue weighted by Crippen LogP contribution is 2.32. The molecule has 2 aromatic heterocycles. The smallest absolute Gasteiger partial charge is 0.163 e. The number of nitrogens with zero attached hydrogens (tertiary/aromatic N) is 3. The Hall–Kier alpha value is -2.63. The highest BCUT2D eigenvalue weighted by atomic mass is 16.5. The van der Waals surface area contributed by atoms with Crippen LogP contribution in [-0.2, 0) is 0 Å². The van der Waals surface area contributed by atoms with Crippen LogP contribution in [0.25, 0.3) is 22.4 Å². The van der Waals surface area contributed by atoms with Gasteiger partial charge in [-0.2, -0.15) is 10.2 Å². The van der Waals surface area contributed by atoms with E-state index in [0.29, 0.717) is 11.5 Å². The standard InChI is InChI=1S/C15H16N4O2/c1-8-5-10(9(2)19-18-8)15-16-11-6-13(20-3)14(21-4)7-12(11)17-15/h5-7H,1-4H3,(H,16,17). The van der Waals surface area contributed by atoms with Crippen LogP contribution in [0.15, 0.2) is 18.2 Å². The third-order valence-corrected chi connectivity index (χ3v) is 3.34. The van der Waals surface area contributed by atoms with Crippen molar-refractivity contribution in [3.05, 3.63) is 29.6 Å². The van der Waals surface area contributed by atoms with E-state index in [-0.39, 0.29) is 0 Å². The number of aromatic amines is 1. The SMILES string of the molecule is COc1cc2nc(-c3cc(C)nnc3C)[nH]c2cc1OC. The number of hydrogen-bond donors (Lipinski definition) is 1. The minimum atomic E-state index is 0.656. The average Bonchev–Trinajstić information content (AvgIpc) is 2.90. The number of methoxy groups -OCH3 is 2. The highest BCUT2D eigenvalue weighted by molar-refractivity contribution is 5.83. The summed E-state index contributed by atoms with van der Waals surface area (Å²) in [5, 5.41) is 8.18. The Balaban J connectivity index is 2.19. The van der Waals surface area contributed by atoms with E-state index < -0.39 is 0 Å². The van der Waals surface area contributed by atoms with Gasteiger partial charge in [-0.3, -0.25) is 0 Å². The zero-order valence-electron chi connectivity index (χ0n) is 12.4. The number of imidazole rings is 1. The quantitative estimate of drug-likeness (QED) is 0.800. The Kier molecular flexibility index (Phi) is 3.21. The molecule has 1 N–H and O–H groups in total. The molecule has 3 aromatic rings. The minimum absolute atomic E-state index is 0.656. The predicted molar refractivity (Wildman–Crippen MR) is 79.7 cm³/mol. The Labute approximate surface area is 122 Å². The van der Waals surface area contributed by atoms with Crippen LogP contribution in [-0.4, -0.2) is 34.4 Å². The van der Waals surface area contributed by atoms with E-state index in [1.54, 1.807) is 14.2 Å². The maximum atomic E-state index is 5.31. The third-order valence-electron chi connectivity index (χ3n) is 3.34. The molecular formula is C15H16N4O2. The van der Waals surface area contributed by atoms with Crippen molar-refractivity contribution in [1.29, 1.82) is 0 Å². The molecule has 21 heavy (non-hydrogen) atoms. The molecular weight excluding hydrogens is 268 g/mol. The molecule has 0 aliphatic rings. The van der Waals surface area contributed by atoms with E-state index in [9.17, 15) is 0 Å². The van der Waals surface area contributed by atoms with Gasteiger partial charge in [-0.25, -0.2) is 4.98 Å². The lowest BCUT2D eigenvalue weighted by molar-refractivity contribution is 0.356. The second-order valence-corrected chi connectivity index (χ2v) is 4.79. The number of nitrogens with one attached hydrogen (secondary N) is 1. The molecule has 6 heteroatoms. The number of hydrogen-bond acceptors (Lipinski definition) is 5. The fourth-order valence-electron chi connectivity index (χ4n) is 2.25. The molecule has 0 amide bonds. The van der Waals surface area contributed by atoms with Crippen LogP contribution in [0.3, 0.4) is 0 Å². The van der Waals surface area contributed by atoms with Gasteiger partial charge in [0, 0.05) is 17.7 Å². The van der Waals surface area contributed by atoms with Gasteiger partial charge in [0.2, 0.25) is 0 Å². The van der Waals surface area contributed by atoms with Crippen LogP contribution in [0.5, 0.6) is 11.5 Å². The monoisotopic (exact) mass is 284 g/mol. The van der Waals surface area contributed by atoms with E-state index in [0.717, 1.165) is 33.8 Å². The number of fused-ring (bicyclic) bond motifs is 1. The molecule has 0 aliphatic heterocycles. The number of benzene rings is 1. The number of H-pyrrole nitrogens is 1. The van der Waals surface area contributed by atoms with Crippen molar-refractivity contribution < 1.29 is 9.47 Å². The molecule has 0 aliphatic carbocycles. The maximum absolute atomic E-state index is 5.31. The molecule has 0 spiro atoms. The molecule has 2 heterocycles. The van der Waals surface area contributed by atoms with Gasteiger partial charge in [-0.1, -0.05) is 0 Å². The first-order valence-electron chi connectivity index (χ1n) is 6.55. The van der Waals surface area contributed by atoms with E-state index in [2.05, 4.69) is 20.2 Å². The molecule has 0 unspecified atom stereocenters. The molecule has 0 saturated heterocycles. The first-order valence-corrected chi connectivity index (χ1v) is 6.55. The van der Waals surface area contributed by atoms with Gasteiger partial charge < -0.3 is 14.5 Å². The summed E-state index contributed by atoms with van der Waals surface area (Å²) in [5.41, 5.74) is 4.33. The van der Waals surface area contributed by atoms with Gasteiger partial charge in [0.25, 0.3) is 0 Å². The molecule has 0 fully saturated rings. The Morgan fingerprint density at radius 1 is 0.952 bits per heavy atom. The second-order valence-electron chi connectivity index (χ2n) is 4.79. The first-order chi connectivity index (χ1) is 10.1. The van der Waals surface area contributed by atoms with Crippen LogP contribution in [0.4, 0.5) is 0 Å². The van der Waals surface area contributed by atoms with E-state index >= 15 is 0 Å². The van der Waals surface area contributed by atoms with Gasteiger partial charge in [0.1, 0.15) is 5.82 Å². The van der Waals surface area contributed by atoms with Crippen LogP contribution in [0, 0.1) is 13.8 Å². The van der Waals surface area contributed by atoms with Crippen molar-refractivity contribution in [3.63, 3.8) is 0 Å². The van der Waals surface area contributed by atoms with Gasteiger partial charge >= 0.3 is 0 Å². The van der Waals surface area contributed by atoms with E-state index in [4.69, 9.17) is 9.47 Å². The number of rotatable bonds is 3. The Bertz CT molecular complexity index is 770. The summed E-state index contributed by atoms with van der Waals surface area (Å²) >= 11 is 0. The summed E-state index contributed by atoms with van der Waals surface area (Å²) in [6.45, 7) is 3.82. The average molecular weight is 284 g/mol. The molecule has 0 bridgehead atoms. The van der Waals surface area contributed by atoms with Crippen LogP contribution in [0.1, 0.15) is 11.4 Å². The van der Waals surface area contributed by atoms with Crippen molar-refractivity contribution in [2.75, 3.05) is 14.2 Å². The Morgan fingerprint density at radius 3 is 2.38 bits per heavy atom. The van der Waals surface area contributed by atoms with Gasteiger partial charge in [-0.05, 0) is 19.9 Å². The molecule has 1 aromatic carbocycles. The summed E-state index contributed by atoms with van der Waals surface area (Å²) in [6, 6.07) is 5.70. The van der Waals surface area contributed by atoms with Gasteiger partial charge in [-0.15, -0.1) is 0 Å². The lowest BCUT2D eigenvalue weighted by Gasteiger charge is -2.06. The molecule has 0 saturated carbocycles. The minimum Gasteiger partial charge on any atom is -0.493 e. The summed E-state index contributed by atoms with van der Waals surface area (Å²) in [7, 11) is 3.22. The topological polar surface area (TPSA) is 72.9 Å². The largest absolute Gasteiger partial charge is 0.493 e. The summed E-state index contributed by atoms with van der Waals surface area (Å²) in [6.07, 6.45) is 0. The van der Waals surface area contributed by atoms with Gasteiger partial charge in [0.05, 0.1) is 36.6 Å². The fraction of sp³-hybridized carbons (Fsp3) is 0.267. The van der Waals surface area contributed by atoms with Crippen LogP contribution in [0.2, 0.25) is 0 Å². The zero-order chi connectivity index (χ0) is 15.0. The normalized spacial score (nSPS) is 10.9. The molecule has 6 nitrogen and oxygen atoms in total. The number of ether oxygens (including phenoxy) is 2. The van der Waals surface area contributed by atoms with Crippen molar-refractivity contribution in [2.45, 2.75) is 13.8 Å². The molecule has 0 radical (unpaired) electrons. The zero-order valence-corrected chi connectivity index (χ0v) is 12.4. The van der Waals surface area contributed by atoms with Crippen molar-refractivity contribution >= 4 is 11.0 Å². The summed E-state index contributed by atoms with van der Waals surface area (Å²) in [5.74, 6) is 2.08. The van der Waals surface area contributed by atoms with E-state index in [1.165, 1.54) is 0 Å². The number of aryl methyl sites for hydroxylation is 2. The fourth-order valence-corrected chi connectivity index (χ4v) is 2.25. The predicted octanol–water partition coefficient (Wildman–Crippen LogP) is 2.65. The van der Waals surface area contributed by atoms with Crippen molar-refractivity contribution in [2.24, 2.45) is 0 Å². The van der Waals surface area contributed by atoms with Crippen molar-refractivity contribution in [3.8, 4) is 22.9 Å². The lowest BCUT2D eigenvalue weighted by Crippen LogP contribution is -1.94. The summed E-state index contributed by atoms with van der Waals surface area (Å²) in [4.78, 5) is 7.90. The lowest BCUT2D eigenvalue weighted by atomic mass is 10.2.